The maximum absolute atomic E-state index is 11.9. The molecule has 0 aromatic carbocycles. The molecule has 6 nitrogen and oxygen atoms in total. The maximum atomic E-state index is 11.9. The quantitative estimate of drug-likeness (QED) is 0.888. The first kappa shape index (κ1) is 13.7. The topological polar surface area (TPSA) is 103 Å². The highest BCUT2D eigenvalue weighted by Gasteiger charge is 2.23. The highest BCUT2D eigenvalue weighted by Crippen LogP contribution is 2.19. The summed E-state index contributed by atoms with van der Waals surface area (Å²) in [5.41, 5.74) is 0.390. The van der Waals surface area contributed by atoms with Gasteiger partial charge in [-0.15, -0.1) is 11.3 Å². The van der Waals surface area contributed by atoms with Crippen LogP contribution in [-0.2, 0) is 4.79 Å². The standard InChI is InChI=1S/C13H9N3O3S/c14-6-8-3-4-9(15-7-8)12(17)16-11(13(18)19)10-2-1-5-20-10/h1-5,7,11H,(H,16,17)(H,18,19). The van der Waals surface area contributed by atoms with Crippen LogP contribution in [0.3, 0.4) is 0 Å². The molecule has 0 aliphatic heterocycles. The van der Waals surface area contributed by atoms with Gasteiger partial charge >= 0.3 is 5.97 Å². The third kappa shape index (κ3) is 2.99. The zero-order chi connectivity index (χ0) is 14.5. The minimum Gasteiger partial charge on any atom is -0.479 e. The number of pyridine rings is 1. The lowest BCUT2D eigenvalue weighted by Gasteiger charge is -2.12. The fourth-order valence-corrected chi connectivity index (χ4v) is 2.28. The van der Waals surface area contributed by atoms with Crippen LogP contribution in [0.15, 0.2) is 35.8 Å². The van der Waals surface area contributed by atoms with E-state index in [0.29, 0.717) is 10.4 Å². The minimum atomic E-state index is -1.14. The van der Waals surface area contributed by atoms with Crippen molar-refractivity contribution >= 4 is 23.2 Å². The second kappa shape index (κ2) is 5.95. The van der Waals surface area contributed by atoms with Crippen LogP contribution < -0.4 is 5.32 Å². The van der Waals surface area contributed by atoms with Gasteiger partial charge in [0.15, 0.2) is 6.04 Å². The number of aliphatic carboxylic acids is 1. The third-order valence-electron chi connectivity index (χ3n) is 2.48. The number of amides is 1. The van der Waals surface area contributed by atoms with Crippen LogP contribution in [0, 0.1) is 11.3 Å². The summed E-state index contributed by atoms with van der Waals surface area (Å²) in [5, 5.41) is 21.9. The number of nitrogens with one attached hydrogen (secondary N) is 1. The van der Waals surface area contributed by atoms with E-state index in [1.165, 1.54) is 29.7 Å². The molecule has 2 heterocycles. The van der Waals surface area contributed by atoms with Crippen LogP contribution >= 0.6 is 11.3 Å². The molecule has 2 rings (SSSR count). The van der Waals surface area contributed by atoms with Crippen molar-refractivity contribution in [1.29, 1.82) is 5.26 Å². The van der Waals surface area contributed by atoms with E-state index in [4.69, 9.17) is 10.4 Å². The van der Waals surface area contributed by atoms with Crippen LogP contribution in [0.4, 0.5) is 0 Å². The van der Waals surface area contributed by atoms with Crippen molar-refractivity contribution < 1.29 is 14.7 Å². The number of carboxylic acids is 1. The Morgan fingerprint density at radius 3 is 2.70 bits per heavy atom. The Morgan fingerprint density at radius 1 is 1.40 bits per heavy atom. The zero-order valence-corrected chi connectivity index (χ0v) is 10.9. The fraction of sp³-hybridized carbons (Fsp3) is 0.0769. The predicted octanol–water partition coefficient (Wildman–Crippen LogP) is 1.57. The summed E-state index contributed by atoms with van der Waals surface area (Å²) in [4.78, 5) is 27.5. The van der Waals surface area contributed by atoms with Crippen LogP contribution in [0.1, 0.15) is 27.0 Å². The molecule has 2 aromatic rings. The van der Waals surface area contributed by atoms with E-state index in [0.717, 1.165) is 0 Å². The van der Waals surface area contributed by atoms with Crippen molar-refractivity contribution in [3.8, 4) is 6.07 Å². The van der Waals surface area contributed by atoms with Gasteiger partial charge in [0, 0.05) is 11.1 Å². The molecule has 0 radical (unpaired) electrons. The Bertz CT molecular complexity index is 659. The first-order chi connectivity index (χ1) is 9.61. The highest BCUT2D eigenvalue weighted by atomic mass is 32.1. The summed E-state index contributed by atoms with van der Waals surface area (Å²) in [6, 6.07) is 6.95. The summed E-state index contributed by atoms with van der Waals surface area (Å²) in [6.45, 7) is 0. The Morgan fingerprint density at radius 2 is 2.20 bits per heavy atom. The maximum Gasteiger partial charge on any atom is 0.331 e. The van der Waals surface area contributed by atoms with Crippen LogP contribution in [0.2, 0.25) is 0 Å². The molecule has 0 spiro atoms. The highest BCUT2D eigenvalue weighted by molar-refractivity contribution is 7.10. The SMILES string of the molecule is N#Cc1ccc(C(=O)NC(C(=O)O)c2cccs2)nc1. The van der Waals surface area contributed by atoms with Crippen molar-refractivity contribution in [3.05, 3.63) is 52.0 Å². The van der Waals surface area contributed by atoms with Gasteiger partial charge in [-0.25, -0.2) is 9.78 Å². The van der Waals surface area contributed by atoms with Gasteiger partial charge in [-0.2, -0.15) is 5.26 Å². The number of rotatable bonds is 4. The zero-order valence-electron chi connectivity index (χ0n) is 10.1. The third-order valence-corrected chi connectivity index (χ3v) is 3.41. The van der Waals surface area contributed by atoms with Gasteiger partial charge in [0.25, 0.3) is 5.91 Å². The molecule has 7 heteroatoms. The van der Waals surface area contributed by atoms with Crippen molar-refractivity contribution in [2.75, 3.05) is 0 Å². The molecule has 0 aliphatic rings. The Hall–Kier alpha value is -2.72. The number of carbonyl (C=O) groups is 2. The Balaban J connectivity index is 2.16. The van der Waals surface area contributed by atoms with E-state index in [2.05, 4.69) is 10.3 Å². The van der Waals surface area contributed by atoms with Gasteiger partial charge in [-0.05, 0) is 23.6 Å². The Kier molecular flexibility index (Phi) is 4.08. The molecule has 1 amide bonds. The molecule has 0 saturated carbocycles. The van der Waals surface area contributed by atoms with Crippen molar-refractivity contribution in [3.63, 3.8) is 0 Å². The average molecular weight is 287 g/mol. The number of carboxylic acid groups (broad SMARTS) is 1. The number of hydrogen-bond acceptors (Lipinski definition) is 5. The second-order valence-electron chi connectivity index (χ2n) is 3.80. The van der Waals surface area contributed by atoms with Gasteiger partial charge in [-0.1, -0.05) is 6.07 Å². The normalized spacial score (nSPS) is 11.3. The van der Waals surface area contributed by atoms with Crippen molar-refractivity contribution in [2.24, 2.45) is 0 Å². The molecular weight excluding hydrogens is 278 g/mol. The number of nitriles is 1. The summed E-state index contributed by atoms with van der Waals surface area (Å²) >= 11 is 1.24. The lowest BCUT2D eigenvalue weighted by Crippen LogP contribution is -2.33. The monoisotopic (exact) mass is 287 g/mol. The molecule has 2 N–H and O–H groups in total. The molecule has 1 unspecified atom stereocenters. The lowest BCUT2D eigenvalue weighted by atomic mass is 10.2. The second-order valence-corrected chi connectivity index (χ2v) is 4.78. The molecule has 100 valence electrons. The molecule has 1 atom stereocenters. The van der Waals surface area contributed by atoms with Gasteiger partial charge < -0.3 is 10.4 Å². The molecule has 2 aromatic heterocycles. The van der Waals surface area contributed by atoms with Crippen LogP contribution in [0.5, 0.6) is 0 Å². The number of nitrogens with zero attached hydrogens (tertiary/aromatic N) is 2. The summed E-state index contributed by atoms with van der Waals surface area (Å²) in [6.07, 6.45) is 1.26. The van der Waals surface area contributed by atoms with Gasteiger partial charge in [-0.3, -0.25) is 4.79 Å². The lowest BCUT2D eigenvalue weighted by molar-refractivity contribution is -0.139. The van der Waals surface area contributed by atoms with E-state index in [1.807, 2.05) is 6.07 Å². The first-order valence-electron chi connectivity index (χ1n) is 5.55. The van der Waals surface area contributed by atoms with E-state index in [-0.39, 0.29) is 5.69 Å². The fourth-order valence-electron chi connectivity index (χ4n) is 1.51. The molecule has 0 bridgehead atoms. The number of aromatic nitrogens is 1. The summed E-state index contributed by atoms with van der Waals surface area (Å²) in [5.74, 6) is -1.75. The van der Waals surface area contributed by atoms with E-state index < -0.39 is 17.9 Å². The molecular formula is C13H9N3O3S. The Labute approximate surface area is 118 Å². The largest absolute Gasteiger partial charge is 0.479 e. The minimum absolute atomic E-state index is 0.0619. The van der Waals surface area contributed by atoms with Gasteiger partial charge in [0.05, 0.1) is 5.56 Å². The molecule has 0 aliphatic carbocycles. The van der Waals surface area contributed by atoms with E-state index >= 15 is 0 Å². The predicted molar refractivity (Wildman–Crippen MR) is 71.1 cm³/mol. The van der Waals surface area contributed by atoms with Crippen LogP contribution in [-0.4, -0.2) is 22.0 Å². The van der Waals surface area contributed by atoms with Crippen molar-refractivity contribution in [1.82, 2.24) is 10.3 Å². The van der Waals surface area contributed by atoms with Crippen LogP contribution in [0.25, 0.3) is 0 Å². The summed E-state index contributed by atoms with van der Waals surface area (Å²) in [7, 11) is 0. The van der Waals surface area contributed by atoms with E-state index in [1.54, 1.807) is 17.5 Å². The number of carbonyl (C=O) groups excluding carboxylic acids is 1. The number of thiophene rings is 1. The van der Waals surface area contributed by atoms with E-state index in [9.17, 15) is 9.59 Å². The van der Waals surface area contributed by atoms with Gasteiger partial charge in [0.1, 0.15) is 11.8 Å². The molecule has 0 fully saturated rings. The van der Waals surface area contributed by atoms with Gasteiger partial charge in [0.2, 0.25) is 0 Å². The first-order valence-corrected chi connectivity index (χ1v) is 6.43. The van der Waals surface area contributed by atoms with Crippen molar-refractivity contribution in [2.45, 2.75) is 6.04 Å². The number of hydrogen-bond donors (Lipinski definition) is 2. The average Bonchev–Trinajstić information content (AvgIpc) is 2.98. The summed E-state index contributed by atoms with van der Waals surface area (Å²) < 4.78 is 0. The molecule has 20 heavy (non-hydrogen) atoms. The smallest absolute Gasteiger partial charge is 0.331 e. The molecule has 0 saturated heterocycles.